The van der Waals surface area contributed by atoms with Crippen LogP contribution in [0.1, 0.15) is 12.0 Å². The lowest BCUT2D eigenvalue weighted by molar-refractivity contribution is -0.0423. The zero-order chi connectivity index (χ0) is 15.9. The molecule has 0 bridgehead atoms. The first-order valence-electron chi connectivity index (χ1n) is 7.12. The summed E-state index contributed by atoms with van der Waals surface area (Å²) in [5, 5.41) is 24.3. The summed E-state index contributed by atoms with van der Waals surface area (Å²) in [5.74, 6) is 0. The van der Waals surface area contributed by atoms with E-state index in [4.69, 9.17) is 21.7 Å². The molecule has 0 saturated carbocycles. The van der Waals surface area contributed by atoms with Gasteiger partial charge >= 0.3 is 0 Å². The molecule has 0 spiro atoms. The van der Waals surface area contributed by atoms with Crippen molar-refractivity contribution in [3.63, 3.8) is 0 Å². The Kier molecular flexibility index (Phi) is 5.46. The summed E-state index contributed by atoms with van der Waals surface area (Å²) < 4.78 is 0. The molecule has 6 nitrogen and oxygen atoms in total. The van der Waals surface area contributed by atoms with Gasteiger partial charge in [0.15, 0.2) is 6.29 Å². The van der Waals surface area contributed by atoms with Crippen LogP contribution in [0.5, 0.6) is 0 Å². The summed E-state index contributed by atoms with van der Waals surface area (Å²) in [6.45, 7) is 1.05. The fourth-order valence-electron chi connectivity index (χ4n) is 2.11. The summed E-state index contributed by atoms with van der Waals surface area (Å²) in [6.07, 6.45) is -1.05. The van der Waals surface area contributed by atoms with Gasteiger partial charge in [-0.2, -0.15) is 0 Å². The van der Waals surface area contributed by atoms with Crippen molar-refractivity contribution >= 4 is 22.7 Å². The molecule has 2 aromatic carbocycles. The van der Waals surface area contributed by atoms with Crippen LogP contribution in [-0.4, -0.2) is 23.0 Å². The molecule has 2 rings (SSSR count). The van der Waals surface area contributed by atoms with Crippen molar-refractivity contribution in [3.05, 3.63) is 48.0 Å². The lowest BCUT2D eigenvalue weighted by atomic mass is 10.1. The second-order valence-corrected chi connectivity index (χ2v) is 5.09. The SMILES string of the molecule is Nc1cccc(NCc2cc(N)ccc2NCCC(O)O)c1. The van der Waals surface area contributed by atoms with Crippen LogP contribution >= 0.6 is 0 Å². The Labute approximate surface area is 129 Å². The zero-order valence-electron chi connectivity index (χ0n) is 12.3. The van der Waals surface area contributed by atoms with Crippen LogP contribution < -0.4 is 22.1 Å². The minimum Gasteiger partial charge on any atom is -0.399 e. The first-order valence-corrected chi connectivity index (χ1v) is 7.12. The maximum absolute atomic E-state index is 8.89. The fourth-order valence-corrected chi connectivity index (χ4v) is 2.11. The highest BCUT2D eigenvalue weighted by Crippen LogP contribution is 2.21. The molecule has 0 unspecified atom stereocenters. The summed E-state index contributed by atoms with van der Waals surface area (Å²) in [5.41, 5.74) is 15.8. The molecule has 0 aromatic heterocycles. The molecular weight excluding hydrogens is 280 g/mol. The fraction of sp³-hybridized carbons (Fsp3) is 0.250. The van der Waals surface area contributed by atoms with E-state index < -0.39 is 6.29 Å². The molecule has 2 aromatic rings. The van der Waals surface area contributed by atoms with Crippen molar-refractivity contribution in [2.75, 3.05) is 28.6 Å². The number of nitrogens with one attached hydrogen (secondary N) is 2. The molecule has 8 N–H and O–H groups in total. The van der Waals surface area contributed by atoms with Crippen molar-refractivity contribution in [2.45, 2.75) is 19.3 Å². The predicted octanol–water partition coefficient (Wildman–Crippen LogP) is 1.58. The van der Waals surface area contributed by atoms with E-state index in [-0.39, 0.29) is 6.42 Å². The third-order valence-electron chi connectivity index (χ3n) is 3.22. The molecule has 6 heteroatoms. The van der Waals surface area contributed by atoms with Gasteiger partial charge in [-0.15, -0.1) is 0 Å². The zero-order valence-corrected chi connectivity index (χ0v) is 12.3. The Morgan fingerprint density at radius 3 is 2.45 bits per heavy atom. The van der Waals surface area contributed by atoms with Crippen LogP contribution in [0, 0.1) is 0 Å². The van der Waals surface area contributed by atoms with Gasteiger partial charge in [-0.05, 0) is 42.0 Å². The van der Waals surface area contributed by atoms with E-state index >= 15 is 0 Å². The van der Waals surface area contributed by atoms with Crippen LogP contribution in [0.15, 0.2) is 42.5 Å². The number of hydrogen-bond donors (Lipinski definition) is 6. The number of aliphatic hydroxyl groups excluding tert-OH is 1. The van der Waals surface area contributed by atoms with Crippen molar-refractivity contribution in [1.29, 1.82) is 0 Å². The van der Waals surface area contributed by atoms with Crippen LogP contribution in [0.4, 0.5) is 22.7 Å². The molecule has 0 radical (unpaired) electrons. The predicted molar refractivity (Wildman–Crippen MR) is 90.4 cm³/mol. The molecule has 0 atom stereocenters. The van der Waals surface area contributed by atoms with Crippen molar-refractivity contribution in [3.8, 4) is 0 Å². The summed E-state index contributed by atoms with van der Waals surface area (Å²) in [7, 11) is 0. The summed E-state index contributed by atoms with van der Waals surface area (Å²) >= 11 is 0. The maximum atomic E-state index is 8.89. The highest BCUT2D eigenvalue weighted by atomic mass is 16.5. The molecule has 0 amide bonds. The highest BCUT2D eigenvalue weighted by molar-refractivity contribution is 5.60. The van der Waals surface area contributed by atoms with Crippen LogP contribution in [-0.2, 0) is 6.54 Å². The van der Waals surface area contributed by atoms with Gasteiger partial charge in [0, 0.05) is 42.3 Å². The Morgan fingerprint density at radius 2 is 1.73 bits per heavy atom. The topological polar surface area (TPSA) is 117 Å². The van der Waals surface area contributed by atoms with Gasteiger partial charge in [0.1, 0.15) is 0 Å². The average Bonchev–Trinajstić information content (AvgIpc) is 2.47. The molecule has 0 heterocycles. The van der Waals surface area contributed by atoms with Crippen molar-refractivity contribution in [2.24, 2.45) is 0 Å². The number of rotatable bonds is 7. The quantitative estimate of drug-likeness (QED) is 0.341. The van der Waals surface area contributed by atoms with E-state index in [1.165, 1.54) is 0 Å². The monoisotopic (exact) mass is 302 g/mol. The molecule has 0 saturated heterocycles. The van der Waals surface area contributed by atoms with Gasteiger partial charge in [-0.1, -0.05) is 6.07 Å². The minimum absolute atomic E-state index is 0.256. The van der Waals surface area contributed by atoms with Gasteiger partial charge in [-0.25, -0.2) is 0 Å². The van der Waals surface area contributed by atoms with Gasteiger partial charge in [0.25, 0.3) is 0 Å². The highest BCUT2D eigenvalue weighted by Gasteiger charge is 2.04. The van der Waals surface area contributed by atoms with E-state index in [2.05, 4.69) is 10.6 Å². The average molecular weight is 302 g/mol. The standard InChI is InChI=1S/C16H22N4O2/c17-12-2-1-3-14(9-12)20-10-11-8-13(18)4-5-15(11)19-7-6-16(21)22/h1-5,8-9,16,19-22H,6-7,10,17-18H2. The first kappa shape index (κ1) is 15.9. The van der Waals surface area contributed by atoms with E-state index in [0.717, 1.165) is 16.9 Å². The number of benzene rings is 2. The number of nitrogens with two attached hydrogens (primary N) is 2. The van der Waals surface area contributed by atoms with Gasteiger partial charge < -0.3 is 32.3 Å². The smallest absolute Gasteiger partial charge is 0.153 e. The lowest BCUT2D eigenvalue weighted by Crippen LogP contribution is -2.14. The van der Waals surface area contributed by atoms with Gasteiger partial charge in [-0.3, -0.25) is 0 Å². The number of anilines is 4. The maximum Gasteiger partial charge on any atom is 0.153 e. The lowest BCUT2D eigenvalue weighted by Gasteiger charge is -2.15. The van der Waals surface area contributed by atoms with E-state index in [1.807, 2.05) is 42.5 Å². The number of nitrogen functional groups attached to an aromatic ring is 2. The van der Waals surface area contributed by atoms with E-state index in [9.17, 15) is 0 Å². The second kappa shape index (κ2) is 7.53. The van der Waals surface area contributed by atoms with Crippen LogP contribution in [0.25, 0.3) is 0 Å². The van der Waals surface area contributed by atoms with E-state index in [0.29, 0.717) is 24.5 Å². The molecule has 0 aliphatic rings. The molecular formula is C16H22N4O2. The van der Waals surface area contributed by atoms with Crippen LogP contribution in [0.3, 0.4) is 0 Å². The third kappa shape index (κ3) is 4.83. The third-order valence-corrected chi connectivity index (χ3v) is 3.22. The number of aliphatic hydroxyl groups is 2. The van der Waals surface area contributed by atoms with E-state index in [1.54, 1.807) is 0 Å². The van der Waals surface area contributed by atoms with Gasteiger partial charge in [0.05, 0.1) is 0 Å². The Hall–Kier alpha value is -2.44. The largest absolute Gasteiger partial charge is 0.399 e. The molecule has 0 fully saturated rings. The first-order chi connectivity index (χ1) is 10.5. The molecule has 22 heavy (non-hydrogen) atoms. The summed E-state index contributed by atoms with van der Waals surface area (Å²) in [4.78, 5) is 0. The minimum atomic E-state index is -1.31. The normalized spacial score (nSPS) is 10.7. The second-order valence-electron chi connectivity index (χ2n) is 5.09. The Balaban J connectivity index is 2.03. The molecule has 0 aliphatic heterocycles. The van der Waals surface area contributed by atoms with Crippen molar-refractivity contribution < 1.29 is 10.2 Å². The Morgan fingerprint density at radius 1 is 0.955 bits per heavy atom. The van der Waals surface area contributed by atoms with Crippen LogP contribution in [0.2, 0.25) is 0 Å². The Bertz CT molecular complexity index is 617. The van der Waals surface area contributed by atoms with Gasteiger partial charge in [0.2, 0.25) is 0 Å². The molecule has 118 valence electrons. The molecule has 0 aliphatic carbocycles. The summed E-state index contributed by atoms with van der Waals surface area (Å²) in [6, 6.07) is 13.1. The van der Waals surface area contributed by atoms with Crippen molar-refractivity contribution in [1.82, 2.24) is 0 Å². The number of hydrogen-bond acceptors (Lipinski definition) is 6.